The Balaban J connectivity index is 1.47. The van der Waals surface area contributed by atoms with Gasteiger partial charge in [-0.25, -0.2) is 0 Å². The van der Waals surface area contributed by atoms with Gasteiger partial charge in [-0.1, -0.05) is 71.8 Å². The molecule has 0 N–H and O–H groups in total. The van der Waals surface area contributed by atoms with E-state index in [9.17, 15) is 0 Å². The molecule has 0 aromatic heterocycles. The van der Waals surface area contributed by atoms with Gasteiger partial charge >= 0.3 is 0 Å². The molecule has 0 bridgehead atoms. The van der Waals surface area contributed by atoms with Crippen LogP contribution >= 0.6 is 11.6 Å². The zero-order chi connectivity index (χ0) is 17.5. The number of hydrogen-bond donors (Lipinski definition) is 0. The predicted octanol–water partition coefficient (Wildman–Crippen LogP) is 4.38. The van der Waals surface area contributed by atoms with E-state index in [0.717, 1.165) is 38.3 Å². The van der Waals surface area contributed by atoms with Crippen molar-refractivity contribution in [3.05, 3.63) is 76.3 Å². The van der Waals surface area contributed by atoms with E-state index in [1.165, 1.54) is 11.1 Å². The number of hydrogen-bond acceptors (Lipinski definition) is 3. The van der Waals surface area contributed by atoms with E-state index >= 15 is 0 Å². The molecule has 0 unspecified atom stereocenters. The molecule has 130 valence electrons. The molecule has 1 aliphatic rings. The smallest absolute Gasteiger partial charge is 0.0657 e. The lowest BCUT2D eigenvalue weighted by molar-refractivity contribution is 0.131. The minimum Gasteiger partial charge on any atom is -0.295 e. The van der Waals surface area contributed by atoms with Crippen LogP contribution in [0.1, 0.15) is 16.7 Å². The van der Waals surface area contributed by atoms with Crippen molar-refractivity contribution in [1.82, 2.24) is 9.91 Å². The van der Waals surface area contributed by atoms with Crippen molar-refractivity contribution in [2.24, 2.45) is 5.10 Å². The monoisotopic (exact) mass is 353 g/mol. The van der Waals surface area contributed by atoms with Crippen molar-refractivity contribution in [3.8, 4) is 0 Å². The maximum absolute atomic E-state index is 6.26. The maximum Gasteiger partial charge on any atom is 0.0657 e. The van der Waals surface area contributed by atoms with Gasteiger partial charge in [0.25, 0.3) is 0 Å². The first-order valence-corrected chi connectivity index (χ1v) is 9.06. The highest BCUT2D eigenvalue weighted by molar-refractivity contribution is 6.41. The summed E-state index contributed by atoms with van der Waals surface area (Å²) in [5.74, 6) is 0. The summed E-state index contributed by atoms with van der Waals surface area (Å²) in [7, 11) is 0. The summed E-state index contributed by atoms with van der Waals surface area (Å²) in [6.07, 6.45) is 3.67. The standard InChI is InChI=1S/C21H24ClN3/c1-18-7-9-20(10-8-18)17-24-11-13-25(14-12-24)23-16-21(22)15-19-5-3-2-4-6-19/h2-10,15-16H,11-14,17H2,1H3/b21-15-,23-16-. The summed E-state index contributed by atoms with van der Waals surface area (Å²) in [4.78, 5) is 2.47. The number of rotatable bonds is 5. The van der Waals surface area contributed by atoms with Crippen molar-refractivity contribution in [3.63, 3.8) is 0 Å². The maximum atomic E-state index is 6.26. The van der Waals surface area contributed by atoms with Crippen LogP contribution in [0.2, 0.25) is 0 Å². The Morgan fingerprint density at radius 2 is 1.68 bits per heavy atom. The normalized spacial score (nSPS) is 16.6. The first-order valence-electron chi connectivity index (χ1n) is 8.68. The average Bonchev–Trinajstić information content (AvgIpc) is 2.64. The number of piperazine rings is 1. The van der Waals surface area contributed by atoms with Crippen LogP contribution in [0, 0.1) is 6.92 Å². The van der Waals surface area contributed by atoms with Crippen LogP contribution in [0.25, 0.3) is 6.08 Å². The fraction of sp³-hybridized carbons (Fsp3) is 0.286. The second-order valence-corrected chi connectivity index (χ2v) is 6.84. The first kappa shape index (κ1) is 17.7. The lowest BCUT2D eigenvalue weighted by Gasteiger charge is -2.33. The van der Waals surface area contributed by atoms with E-state index in [2.05, 4.69) is 46.2 Å². The van der Waals surface area contributed by atoms with Crippen LogP contribution in [0.15, 0.2) is 64.7 Å². The van der Waals surface area contributed by atoms with Crippen molar-refractivity contribution < 1.29 is 0 Å². The van der Waals surface area contributed by atoms with E-state index in [0.29, 0.717) is 5.03 Å². The van der Waals surface area contributed by atoms with Gasteiger partial charge in [0.2, 0.25) is 0 Å². The first-order chi connectivity index (χ1) is 12.2. The van der Waals surface area contributed by atoms with E-state index in [1.54, 1.807) is 6.21 Å². The molecule has 2 aromatic rings. The number of halogens is 1. The minimum atomic E-state index is 0.647. The average molecular weight is 354 g/mol. The zero-order valence-corrected chi connectivity index (χ0v) is 15.4. The van der Waals surface area contributed by atoms with Crippen LogP contribution in [0.5, 0.6) is 0 Å². The van der Waals surface area contributed by atoms with Gasteiger partial charge in [0.05, 0.1) is 11.2 Å². The third kappa shape index (κ3) is 5.73. The summed E-state index contributed by atoms with van der Waals surface area (Å²) in [5, 5.41) is 7.25. The van der Waals surface area contributed by atoms with Crippen molar-refractivity contribution >= 4 is 23.9 Å². The van der Waals surface area contributed by atoms with Gasteiger partial charge in [-0.2, -0.15) is 5.10 Å². The molecule has 0 saturated carbocycles. The van der Waals surface area contributed by atoms with Gasteiger partial charge in [0, 0.05) is 32.7 Å². The van der Waals surface area contributed by atoms with Gasteiger partial charge in [0.15, 0.2) is 0 Å². The van der Waals surface area contributed by atoms with Gasteiger partial charge in [-0.05, 0) is 24.1 Å². The molecule has 4 heteroatoms. The summed E-state index contributed by atoms with van der Waals surface area (Å²) in [6.45, 7) is 7.02. The molecule has 1 aliphatic heterocycles. The zero-order valence-electron chi connectivity index (χ0n) is 14.6. The van der Waals surface area contributed by atoms with Crippen LogP contribution in [-0.4, -0.2) is 42.3 Å². The summed E-state index contributed by atoms with van der Waals surface area (Å²) < 4.78 is 0. The van der Waals surface area contributed by atoms with Crippen LogP contribution in [0.4, 0.5) is 0 Å². The summed E-state index contributed by atoms with van der Waals surface area (Å²) in [5.41, 5.74) is 3.77. The quantitative estimate of drug-likeness (QED) is 0.743. The van der Waals surface area contributed by atoms with E-state index in [4.69, 9.17) is 11.6 Å². The number of benzene rings is 2. The Kier molecular flexibility index (Phi) is 6.26. The number of nitrogens with zero attached hydrogens (tertiary/aromatic N) is 3. The lowest BCUT2D eigenvalue weighted by Crippen LogP contribution is -2.43. The SMILES string of the molecule is Cc1ccc(CN2CCN(/N=C\C(Cl)=C\c3ccccc3)CC2)cc1. The van der Waals surface area contributed by atoms with E-state index < -0.39 is 0 Å². The van der Waals surface area contributed by atoms with E-state index in [-0.39, 0.29) is 0 Å². The molecule has 3 nitrogen and oxygen atoms in total. The molecule has 1 heterocycles. The Morgan fingerprint density at radius 3 is 2.36 bits per heavy atom. The Hall–Kier alpha value is -2.10. The third-order valence-electron chi connectivity index (χ3n) is 4.32. The van der Waals surface area contributed by atoms with Crippen LogP contribution in [-0.2, 0) is 6.54 Å². The minimum absolute atomic E-state index is 0.647. The third-order valence-corrected chi connectivity index (χ3v) is 4.53. The lowest BCUT2D eigenvalue weighted by atomic mass is 10.1. The van der Waals surface area contributed by atoms with Crippen LogP contribution in [0.3, 0.4) is 0 Å². The van der Waals surface area contributed by atoms with E-state index in [1.807, 2.05) is 36.4 Å². The molecule has 1 saturated heterocycles. The topological polar surface area (TPSA) is 18.8 Å². The second-order valence-electron chi connectivity index (χ2n) is 6.40. The molecule has 0 atom stereocenters. The molecule has 25 heavy (non-hydrogen) atoms. The van der Waals surface area contributed by atoms with Gasteiger partial charge in [0.1, 0.15) is 0 Å². The molecule has 0 radical (unpaired) electrons. The van der Waals surface area contributed by atoms with Gasteiger partial charge < -0.3 is 0 Å². The highest BCUT2D eigenvalue weighted by Crippen LogP contribution is 2.11. The molecule has 2 aromatic carbocycles. The molecule has 0 spiro atoms. The number of aryl methyl sites for hydroxylation is 1. The highest BCUT2D eigenvalue weighted by atomic mass is 35.5. The second kappa shape index (κ2) is 8.84. The summed E-state index contributed by atoms with van der Waals surface area (Å²) >= 11 is 6.26. The van der Waals surface area contributed by atoms with Crippen LogP contribution < -0.4 is 0 Å². The molecule has 3 rings (SSSR count). The van der Waals surface area contributed by atoms with Gasteiger partial charge in [-0.3, -0.25) is 9.91 Å². The summed E-state index contributed by atoms with van der Waals surface area (Å²) in [6, 6.07) is 18.8. The van der Waals surface area contributed by atoms with Gasteiger partial charge in [-0.15, -0.1) is 0 Å². The Morgan fingerprint density at radius 1 is 1.00 bits per heavy atom. The fourth-order valence-corrected chi connectivity index (χ4v) is 3.01. The number of allylic oxidation sites excluding steroid dienone is 1. The predicted molar refractivity (Wildman–Crippen MR) is 107 cm³/mol. The molecular weight excluding hydrogens is 330 g/mol. The Bertz CT molecular complexity index is 715. The van der Waals surface area contributed by atoms with Crippen molar-refractivity contribution in [2.45, 2.75) is 13.5 Å². The van der Waals surface area contributed by atoms with Crippen molar-refractivity contribution in [1.29, 1.82) is 0 Å². The molecular formula is C21H24ClN3. The molecule has 0 aliphatic carbocycles. The van der Waals surface area contributed by atoms with Crippen molar-refractivity contribution in [2.75, 3.05) is 26.2 Å². The Labute approximate surface area is 155 Å². The largest absolute Gasteiger partial charge is 0.295 e. The number of hydrazone groups is 1. The molecule has 1 fully saturated rings. The highest BCUT2D eigenvalue weighted by Gasteiger charge is 2.15. The molecule has 0 amide bonds. The fourth-order valence-electron chi connectivity index (χ4n) is 2.85.